The maximum Gasteiger partial charge on any atom is 0.416 e. The van der Waals surface area contributed by atoms with Crippen LogP contribution in [0.15, 0.2) is 24.3 Å². The zero-order valence-electron chi connectivity index (χ0n) is 9.02. The molecule has 0 spiro atoms. The molecule has 0 aromatic heterocycles. The molecule has 4 heteroatoms. The summed E-state index contributed by atoms with van der Waals surface area (Å²) in [6, 6.07) is 4.66. The van der Waals surface area contributed by atoms with Gasteiger partial charge in [0, 0.05) is 6.42 Å². The Kier molecular flexibility index (Phi) is 4.33. The second-order valence-corrected chi connectivity index (χ2v) is 3.78. The van der Waals surface area contributed by atoms with Crippen LogP contribution >= 0.6 is 0 Å². The number of benzene rings is 1. The molecule has 1 aromatic rings. The highest BCUT2D eigenvalue weighted by molar-refractivity contribution is 5.25. The number of hydrogen-bond donors (Lipinski definition) is 0. The van der Waals surface area contributed by atoms with Gasteiger partial charge in [-0.15, -0.1) is 0 Å². The highest BCUT2D eigenvalue weighted by Gasteiger charge is 2.29. The minimum absolute atomic E-state index is 0.186. The van der Waals surface area contributed by atoms with Crippen molar-refractivity contribution in [1.82, 2.24) is 0 Å². The van der Waals surface area contributed by atoms with Crippen molar-refractivity contribution in [2.75, 3.05) is 0 Å². The quantitative estimate of drug-likeness (QED) is 0.678. The molecule has 0 fully saturated rings. The smallest absolute Gasteiger partial charge is 0.247 e. The summed E-state index contributed by atoms with van der Waals surface area (Å²) >= 11 is 0. The van der Waals surface area contributed by atoms with Gasteiger partial charge in [-0.05, 0) is 24.1 Å². The van der Waals surface area contributed by atoms with Crippen LogP contribution in [0.1, 0.15) is 30.9 Å². The van der Waals surface area contributed by atoms with E-state index in [1.807, 2.05) is 6.92 Å². The van der Waals surface area contributed by atoms with E-state index in [1.165, 1.54) is 12.1 Å². The summed E-state index contributed by atoms with van der Waals surface area (Å²) < 4.78 is 49.9. The molecule has 1 atom stereocenters. The van der Waals surface area contributed by atoms with E-state index < -0.39 is 17.9 Å². The zero-order valence-corrected chi connectivity index (χ0v) is 9.02. The summed E-state index contributed by atoms with van der Waals surface area (Å²) in [5.41, 5.74) is -0.0869. The molecule has 0 N–H and O–H groups in total. The average Bonchev–Trinajstić information content (AvgIpc) is 2.17. The highest BCUT2D eigenvalue weighted by atomic mass is 19.4. The third-order valence-corrected chi connectivity index (χ3v) is 2.34. The summed E-state index contributed by atoms with van der Waals surface area (Å²) in [6.07, 6.45) is -3.92. The van der Waals surface area contributed by atoms with Gasteiger partial charge in [-0.25, -0.2) is 4.39 Å². The second-order valence-electron chi connectivity index (χ2n) is 3.78. The Hall–Kier alpha value is -1.06. The van der Waals surface area contributed by atoms with E-state index in [0.717, 1.165) is 18.6 Å². The van der Waals surface area contributed by atoms with E-state index in [-0.39, 0.29) is 6.42 Å². The van der Waals surface area contributed by atoms with Crippen LogP contribution in [-0.2, 0) is 12.6 Å². The van der Waals surface area contributed by atoms with Crippen LogP contribution in [0.25, 0.3) is 0 Å². The van der Waals surface area contributed by atoms with Crippen LogP contribution in [0, 0.1) is 0 Å². The summed E-state index contributed by atoms with van der Waals surface area (Å²) in [5.74, 6) is 0. The van der Waals surface area contributed by atoms with Crippen molar-refractivity contribution in [3.63, 3.8) is 0 Å². The van der Waals surface area contributed by atoms with E-state index in [9.17, 15) is 17.6 Å². The Bertz CT molecular complexity index is 313. The SMILES string of the molecule is CCCC(F)Cc1ccc(C(F)(F)F)cc1. The summed E-state index contributed by atoms with van der Waals surface area (Å²) in [6.45, 7) is 1.87. The van der Waals surface area contributed by atoms with Gasteiger partial charge in [0.05, 0.1) is 5.56 Å². The molecule has 0 heterocycles. The molecule has 90 valence electrons. The monoisotopic (exact) mass is 234 g/mol. The van der Waals surface area contributed by atoms with Crippen LogP contribution in [0.5, 0.6) is 0 Å². The van der Waals surface area contributed by atoms with Gasteiger partial charge in [0.25, 0.3) is 0 Å². The Morgan fingerprint density at radius 1 is 1.12 bits per heavy atom. The van der Waals surface area contributed by atoms with Crippen LogP contribution < -0.4 is 0 Å². The molecule has 1 rings (SSSR count). The second kappa shape index (κ2) is 5.32. The molecule has 0 nitrogen and oxygen atoms in total. The first-order valence-electron chi connectivity index (χ1n) is 5.23. The van der Waals surface area contributed by atoms with Gasteiger partial charge in [-0.1, -0.05) is 25.5 Å². The average molecular weight is 234 g/mol. The third kappa shape index (κ3) is 3.83. The van der Waals surface area contributed by atoms with E-state index in [2.05, 4.69) is 0 Å². The van der Waals surface area contributed by atoms with Crippen LogP contribution in [0.2, 0.25) is 0 Å². The van der Waals surface area contributed by atoms with Crippen LogP contribution in [0.4, 0.5) is 17.6 Å². The van der Waals surface area contributed by atoms with Crippen molar-refractivity contribution in [1.29, 1.82) is 0 Å². The third-order valence-electron chi connectivity index (χ3n) is 2.34. The Morgan fingerprint density at radius 2 is 1.69 bits per heavy atom. The van der Waals surface area contributed by atoms with Crippen molar-refractivity contribution < 1.29 is 17.6 Å². The minimum atomic E-state index is -4.32. The molecule has 1 aromatic carbocycles. The number of halogens is 4. The van der Waals surface area contributed by atoms with Crippen LogP contribution in [0.3, 0.4) is 0 Å². The highest BCUT2D eigenvalue weighted by Crippen LogP contribution is 2.29. The molecule has 0 saturated heterocycles. The Morgan fingerprint density at radius 3 is 2.12 bits per heavy atom. The summed E-state index contributed by atoms with van der Waals surface area (Å²) in [5, 5.41) is 0. The predicted molar refractivity (Wildman–Crippen MR) is 55.0 cm³/mol. The van der Waals surface area contributed by atoms with Gasteiger partial charge in [0.2, 0.25) is 0 Å². The lowest BCUT2D eigenvalue weighted by Gasteiger charge is -2.09. The van der Waals surface area contributed by atoms with Crippen molar-refractivity contribution in [2.45, 2.75) is 38.5 Å². The van der Waals surface area contributed by atoms with Gasteiger partial charge < -0.3 is 0 Å². The predicted octanol–water partition coefficient (Wildman–Crippen LogP) is 4.39. The summed E-state index contributed by atoms with van der Waals surface area (Å²) in [4.78, 5) is 0. The fourth-order valence-corrected chi connectivity index (χ4v) is 1.50. The van der Waals surface area contributed by atoms with Crippen LogP contribution in [-0.4, -0.2) is 6.17 Å². The maximum absolute atomic E-state index is 13.2. The first-order chi connectivity index (χ1) is 7.43. The molecular weight excluding hydrogens is 220 g/mol. The molecule has 0 amide bonds. The van der Waals surface area contributed by atoms with Crippen molar-refractivity contribution in [3.05, 3.63) is 35.4 Å². The lowest BCUT2D eigenvalue weighted by atomic mass is 10.0. The topological polar surface area (TPSA) is 0 Å². The van der Waals surface area contributed by atoms with Gasteiger partial charge in [0.15, 0.2) is 0 Å². The molecule has 1 unspecified atom stereocenters. The molecule has 0 aliphatic rings. The molecule has 0 aliphatic heterocycles. The number of alkyl halides is 4. The molecule has 0 radical (unpaired) electrons. The fourth-order valence-electron chi connectivity index (χ4n) is 1.50. The standard InChI is InChI=1S/C12H14F4/c1-2-3-11(13)8-9-4-6-10(7-5-9)12(14,15)16/h4-7,11H,2-3,8H2,1H3. The molecule has 0 aliphatic carbocycles. The van der Waals surface area contributed by atoms with E-state index in [0.29, 0.717) is 12.0 Å². The first-order valence-corrected chi connectivity index (χ1v) is 5.23. The van der Waals surface area contributed by atoms with Crippen molar-refractivity contribution in [2.24, 2.45) is 0 Å². The Balaban J connectivity index is 2.65. The Labute approximate surface area is 92.3 Å². The molecule has 16 heavy (non-hydrogen) atoms. The largest absolute Gasteiger partial charge is 0.416 e. The normalized spacial score (nSPS) is 13.8. The van der Waals surface area contributed by atoms with E-state index in [1.54, 1.807) is 0 Å². The lowest BCUT2D eigenvalue weighted by Crippen LogP contribution is -2.07. The zero-order chi connectivity index (χ0) is 12.2. The first kappa shape index (κ1) is 13.0. The summed E-state index contributed by atoms with van der Waals surface area (Å²) in [7, 11) is 0. The van der Waals surface area contributed by atoms with Gasteiger partial charge >= 0.3 is 6.18 Å². The van der Waals surface area contributed by atoms with Gasteiger partial charge in [-0.2, -0.15) is 13.2 Å². The molecule has 0 saturated carbocycles. The number of hydrogen-bond acceptors (Lipinski definition) is 0. The van der Waals surface area contributed by atoms with Crippen molar-refractivity contribution >= 4 is 0 Å². The molecular formula is C12H14F4. The molecule has 0 bridgehead atoms. The van der Waals surface area contributed by atoms with E-state index in [4.69, 9.17) is 0 Å². The van der Waals surface area contributed by atoms with E-state index >= 15 is 0 Å². The van der Waals surface area contributed by atoms with Gasteiger partial charge in [0.1, 0.15) is 6.17 Å². The fraction of sp³-hybridized carbons (Fsp3) is 0.500. The maximum atomic E-state index is 13.2. The minimum Gasteiger partial charge on any atom is -0.247 e. The van der Waals surface area contributed by atoms with Gasteiger partial charge in [-0.3, -0.25) is 0 Å². The number of rotatable bonds is 4. The lowest BCUT2D eigenvalue weighted by molar-refractivity contribution is -0.137. The van der Waals surface area contributed by atoms with Crippen molar-refractivity contribution in [3.8, 4) is 0 Å².